The second-order valence-electron chi connectivity index (χ2n) is 6.84. The van der Waals surface area contributed by atoms with Crippen LogP contribution in [0.5, 0.6) is 11.5 Å². The number of benzene rings is 3. The second-order valence-corrected chi connectivity index (χ2v) is 6.84. The molecule has 0 bridgehead atoms. The van der Waals surface area contributed by atoms with Crippen LogP contribution in [0.1, 0.15) is 28.7 Å². The Morgan fingerprint density at radius 1 is 0.933 bits per heavy atom. The first-order chi connectivity index (χ1) is 14.7. The van der Waals surface area contributed by atoms with Crippen LogP contribution in [0.15, 0.2) is 72.8 Å². The van der Waals surface area contributed by atoms with Crippen LogP contribution in [0.4, 0.5) is 0 Å². The van der Waals surface area contributed by atoms with Crippen molar-refractivity contribution in [2.75, 3.05) is 7.11 Å². The molecule has 0 aromatic heterocycles. The molecule has 5 nitrogen and oxygen atoms in total. The van der Waals surface area contributed by atoms with Crippen LogP contribution in [0.3, 0.4) is 0 Å². The van der Waals surface area contributed by atoms with Crippen LogP contribution in [0.25, 0.3) is 0 Å². The normalized spacial score (nSPS) is 10.1. The maximum absolute atomic E-state index is 12.2. The molecular formula is C25H24N2O3. The van der Waals surface area contributed by atoms with Gasteiger partial charge in [0.1, 0.15) is 6.61 Å². The maximum Gasteiger partial charge on any atom is 0.220 e. The van der Waals surface area contributed by atoms with Crippen LogP contribution < -0.4 is 14.8 Å². The molecule has 0 atom stereocenters. The van der Waals surface area contributed by atoms with Crippen LogP contribution in [-0.4, -0.2) is 13.0 Å². The minimum atomic E-state index is -0.0252. The van der Waals surface area contributed by atoms with Crippen LogP contribution in [-0.2, 0) is 24.4 Å². The van der Waals surface area contributed by atoms with Gasteiger partial charge in [0.05, 0.1) is 18.7 Å². The Kier molecular flexibility index (Phi) is 7.45. The molecule has 30 heavy (non-hydrogen) atoms. The lowest BCUT2D eigenvalue weighted by Crippen LogP contribution is -2.23. The van der Waals surface area contributed by atoms with Gasteiger partial charge >= 0.3 is 0 Å². The van der Waals surface area contributed by atoms with Gasteiger partial charge in [-0.05, 0) is 47.4 Å². The van der Waals surface area contributed by atoms with E-state index in [1.165, 1.54) is 0 Å². The molecule has 5 heteroatoms. The smallest absolute Gasteiger partial charge is 0.220 e. The Balaban J connectivity index is 1.49. The maximum atomic E-state index is 12.2. The van der Waals surface area contributed by atoms with E-state index >= 15 is 0 Å². The summed E-state index contributed by atoms with van der Waals surface area (Å²) in [5, 5.41) is 11.8. The molecule has 3 aromatic carbocycles. The average molecular weight is 400 g/mol. The van der Waals surface area contributed by atoms with E-state index in [1.54, 1.807) is 19.2 Å². The lowest BCUT2D eigenvalue weighted by Gasteiger charge is -2.13. The SMILES string of the molecule is COc1cc(CNC(=O)CCc2ccc(C#N)cc2)ccc1OCc1ccccc1. The van der Waals surface area contributed by atoms with Crippen LogP contribution in [0.2, 0.25) is 0 Å². The van der Waals surface area contributed by atoms with Gasteiger partial charge in [0, 0.05) is 13.0 Å². The van der Waals surface area contributed by atoms with E-state index in [0.717, 1.165) is 16.7 Å². The molecule has 0 heterocycles. The highest BCUT2D eigenvalue weighted by atomic mass is 16.5. The quantitative estimate of drug-likeness (QED) is 0.578. The van der Waals surface area contributed by atoms with Crippen molar-refractivity contribution < 1.29 is 14.3 Å². The highest BCUT2D eigenvalue weighted by Gasteiger charge is 2.08. The van der Waals surface area contributed by atoms with Crippen molar-refractivity contribution in [1.29, 1.82) is 5.26 Å². The molecule has 0 aliphatic rings. The largest absolute Gasteiger partial charge is 0.493 e. The number of hydrogen-bond acceptors (Lipinski definition) is 4. The van der Waals surface area contributed by atoms with E-state index in [2.05, 4.69) is 11.4 Å². The van der Waals surface area contributed by atoms with E-state index in [4.69, 9.17) is 14.7 Å². The topological polar surface area (TPSA) is 71.3 Å². The number of amides is 1. The van der Waals surface area contributed by atoms with E-state index in [1.807, 2.05) is 60.7 Å². The van der Waals surface area contributed by atoms with Gasteiger partial charge in [0.15, 0.2) is 11.5 Å². The molecule has 152 valence electrons. The van der Waals surface area contributed by atoms with Crippen molar-refractivity contribution in [2.24, 2.45) is 0 Å². The molecule has 0 saturated carbocycles. The fraction of sp³-hybridized carbons (Fsp3) is 0.200. The molecule has 0 unspecified atom stereocenters. The summed E-state index contributed by atoms with van der Waals surface area (Å²) in [6.07, 6.45) is 1.02. The van der Waals surface area contributed by atoms with Crippen LogP contribution in [0, 0.1) is 11.3 Å². The fourth-order valence-electron chi connectivity index (χ4n) is 2.97. The van der Waals surface area contributed by atoms with Crippen molar-refractivity contribution in [3.05, 3.63) is 95.1 Å². The van der Waals surface area contributed by atoms with Gasteiger partial charge in [-0.3, -0.25) is 4.79 Å². The molecule has 0 fully saturated rings. The molecule has 3 rings (SSSR count). The number of rotatable bonds is 9. The number of nitrogens with zero attached hydrogens (tertiary/aromatic N) is 1. The predicted octanol–water partition coefficient (Wildman–Crippen LogP) is 4.39. The van der Waals surface area contributed by atoms with Gasteiger partial charge in [0.2, 0.25) is 5.91 Å². The first-order valence-corrected chi connectivity index (χ1v) is 9.77. The van der Waals surface area contributed by atoms with Crippen LogP contribution >= 0.6 is 0 Å². The van der Waals surface area contributed by atoms with Crippen molar-refractivity contribution in [1.82, 2.24) is 5.32 Å². The Morgan fingerprint density at radius 3 is 2.37 bits per heavy atom. The molecule has 0 aliphatic heterocycles. The Bertz CT molecular complexity index is 1010. The number of methoxy groups -OCH3 is 1. The van der Waals surface area contributed by atoms with E-state index in [0.29, 0.717) is 43.1 Å². The minimum Gasteiger partial charge on any atom is -0.493 e. The number of nitriles is 1. The molecule has 0 aliphatic carbocycles. The van der Waals surface area contributed by atoms with Crippen molar-refractivity contribution in [3.8, 4) is 17.6 Å². The summed E-state index contributed by atoms with van der Waals surface area (Å²) in [6.45, 7) is 0.879. The van der Waals surface area contributed by atoms with Crippen molar-refractivity contribution in [2.45, 2.75) is 26.0 Å². The van der Waals surface area contributed by atoms with E-state index in [-0.39, 0.29) is 5.91 Å². The predicted molar refractivity (Wildman–Crippen MR) is 115 cm³/mol. The van der Waals surface area contributed by atoms with Gasteiger partial charge in [-0.25, -0.2) is 0 Å². The summed E-state index contributed by atoms with van der Waals surface area (Å²) in [4.78, 5) is 12.2. The first kappa shape index (κ1) is 20.9. The summed E-state index contributed by atoms with van der Waals surface area (Å²) >= 11 is 0. The van der Waals surface area contributed by atoms with Crippen molar-refractivity contribution in [3.63, 3.8) is 0 Å². The highest BCUT2D eigenvalue weighted by Crippen LogP contribution is 2.28. The standard InChI is InChI=1S/C25H24N2O3/c1-29-24-15-22(11-13-23(24)30-18-21-5-3-2-4-6-21)17-27-25(28)14-12-19-7-9-20(16-26)10-8-19/h2-11,13,15H,12,14,17-18H2,1H3,(H,27,28). The Morgan fingerprint density at radius 2 is 1.67 bits per heavy atom. The summed E-state index contributed by atoms with van der Waals surface area (Å²) in [6, 6.07) is 25.0. The average Bonchev–Trinajstić information content (AvgIpc) is 2.81. The lowest BCUT2D eigenvalue weighted by atomic mass is 10.1. The number of hydrogen-bond donors (Lipinski definition) is 1. The van der Waals surface area contributed by atoms with Gasteiger partial charge in [-0.1, -0.05) is 48.5 Å². The Labute approximate surface area is 176 Å². The summed E-state index contributed by atoms with van der Waals surface area (Å²) in [7, 11) is 1.60. The first-order valence-electron chi connectivity index (χ1n) is 9.77. The fourth-order valence-corrected chi connectivity index (χ4v) is 2.97. The number of aryl methyl sites for hydroxylation is 1. The zero-order chi connectivity index (χ0) is 21.2. The zero-order valence-corrected chi connectivity index (χ0v) is 16.9. The molecule has 1 amide bonds. The minimum absolute atomic E-state index is 0.0252. The van der Waals surface area contributed by atoms with E-state index < -0.39 is 0 Å². The third kappa shape index (κ3) is 6.11. The number of ether oxygens (including phenoxy) is 2. The molecule has 3 aromatic rings. The highest BCUT2D eigenvalue weighted by molar-refractivity contribution is 5.76. The molecule has 1 N–H and O–H groups in total. The third-order valence-corrected chi connectivity index (χ3v) is 4.68. The second kappa shape index (κ2) is 10.7. The summed E-state index contributed by atoms with van der Waals surface area (Å²) in [5.41, 5.74) is 3.67. The third-order valence-electron chi connectivity index (χ3n) is 4.68. The van der Waals surface area contributed by atoms with Gasteiger partial charge in [0.25, 0.3) is 0 Å². The van der Waals surface area contributed by atoms with Gasteiger partial charge in [-0.2, -0.15) is 5.26 Å². The summed E-state index contributed by atoms with van der Waals surface area (Å²) in [5.74, 6) is 1.27. The number of carbonyl (C=O) groups excluding carboxylic acids is 1. The molecule has 0 saturated heterocycles. The molecular weight excluding hydrogens is 376 g/mol. The van der Waals surface area contributed by atoms with Gasteiger partial charge in [-0.15, -0.1) is 0 Å². The number of nitrogens with one attached hydrogen (secondary N) is 1. The molecule has 0 spiro atoms. The van der Waals surface area contributed by atoms with E-state index in [9.17, 15) is 4.79 Å². The Hall–Kier alpha value is -3.78. The van der Waals surface area contributed by atoms with Crippen molar-refractivity contribution >= 4 is 5.91 Å². The van der Waals surface area contributed by atoms with Gasteiger partial charge < -0.3 is 14.8 Å². The zero-order valence-electron chi connectivity index (χ0n) is 16.9. The molecule has 0 radical (unpaired) electrons. The summed E-state index contributed by atoms with van der Waals surface area (Å²) < 4.78 is 11.3. The monoisotopic (exact) mass is 400 g/mol. The lowest BCUT2D eigenvalue weighted by molar-refractivity contribution is -0.121. The number of carbonyl (C=O) groups is 1.